The van der Waals surface area contributed by atoms with Crippen LogP contribution >= 0.6 is 0 Å². The van der Waals surface area contributed by atoms with E-state index < -0.39 is 0 Å². The molecule has 2 rings (SSSR count). The van der Waals surface area contributed by atoms with Crippen LogP contribution in [0.3, 0.4) is 0 Å². The molecule has 0 aromatic carbocycles. The zero-order chi connectivity index (χ0) is 15.4. The summed E-state index contributed by atoms with van der Waals surface area (Å²) in [5.74, 6) is 4.28. The molecule has 0 aromatic heterocycles. The van der Waals surface area contributed by atoms with Crippen LogP contribution in [0.4, 0.5) is 0 Å². The van der Waals surface area contributed by atoms with E-state index in [1.54, 1.807) is 0 Å². The molecule has 0 aromatic rings. The molecule has 2 nitrogen and oxygen atoms in total. The molecule has 21 heavy (non-hydrogen) atoms. The Balaban J connectivity index is 1.80. The van der Waals surface area contributed by atoms with Crippen LogP contribution in [-0.4, -0.2) is 19.0 Å². The molecule has 2 saturated carbocycles. The van der Waals surface area contributed by atoms with Crippen LogP contribution < -0.4 is 0 Å². The maximum Gasteiger partial charge on any atom is 0.155 e. The van der Waals surface area contributed by atoms with Crippen molar-refractivity contribution >= 4 is 0 Å². The van der Waals surface area contributed by atoms with Crippen molar-refractivity contribution < 1.29 is 9.47 Å². The molecular weight excluding hydrogens is 260 g/mol. The van der Waals surface area contributed by atoms with Gasteiger partial charge in [-0.25, -0.2) is 0 Å². The molecule has 6 unspecified atom stereocenters. The van der Waals surface area contributed by atoms with E-state index >= 15 is 0 Å². The molecule has 0 amide bonds. The summed E-state index contributed by atoms with van der Waals surface area (Å²) >= 11 is 0. The van der Waals surface area contributed by atoms with Crippen LogP contribution in [0.5, 0.6) is 0 Å². The molecule has 2 heteroatoms. The Morgan fingerprint density at radius 3 is 2.43 bits per heavy atom. The van der Waals surface area contributed by atoms with Crippen LogP contribution in [0.25, 0.3) is 0 Å². The fraction of sp³-hybridized carbons (Fsp3) is 1.00. The molecule has 2 bridgehead atoms. The molecule has 0 saturated heterocycles. The lowest BCUT2D eigenvalue weighted by Gasteiger charge is -2.38. The molecule has 0 spiro atoms. The van der Waals surface area contributed by atoms with Crippen LogP contribution in [-0.2, 0) is 9.47 Å². The minimum absolute atomic E-state index is 0.0286. The molecule has 0 N–H and O–H groups in total. The second-order valence-corrected chi connectivity index (χ2v) is 7.61. The van der Waals surface area contributed by atoms with Gasteiger partial charge in [-0.2, -0.15) is 0 Å². The molecule has 0 heterocycles. The lowest BCUT2D eigenvalue weighted by molar-refractivity contribution is -0.180. The first kappa shape index (κ1) is 17.3. The molecule has 6 atom stereocenters. The summed E-state index contributed by atoms with van der Waals surface area (Å²) in [4.78, 5) is 0. The van der Waals surface area contributed by atoms with Crippen LogP contribution in [0.1, 0.15) is 73.1 Å². The van der Waals surface area contributed by atoms with Gasteiger partial charge >= 0.3 is 0 Å². The van der Waals surface area contributed by atoms with Gasteiger partial charge in [0.25, 0.3) is 0 Å². The number of ether oxygens (including phenoxy) is 2. The zero-order valence-electron chi connectivity index (χ0n) is 14.8. The van der Waals surface area contributed by atoms with E-state index in [0.29, 0.717) is 6.10 Å². The number of hydrogen-bond donors (Lipinski definition) is 0. The highest BCUT2D eigenvalue weighted by Crippen LogP contribution is 2.56. The summed E-state index contributed by atoms with van der Waals surface area (Å²) in [6.45, 7) is 12.3. The van der Waals surface area contributed by atoms with Gasteiger partial charge in [-0.1, -0.05) is 47.0 Å². The van der Waals surface area contributed by atoms with E-state index in [9.17, 15) is 0 Å². The van der Waals surface area contributed by atoms with Gasteiger partial charge in [0.2, 0.25) is 0 Å². The third-order valence-corrected chi connectivity index (χ3v) is 5.89. The highest BCUT2D eigenvalue weighted by atomic mass is 16.7. The summed E-state index contributed by atoms with van der Waals surface area (Å²) in [5.41, 5.74) is 0. The van der Waals surface area contributed by atoms with E-state index in [1.807, 2.05) is 0 Å². The first-order valence-electron chi connectivity index (χ1n) is 9.35. The largest absolute Gasteiger partial charge is 0.353 e. The van der Waals surface area contributed by atoms with Gasteiger partial charge in [-0.15, -0.1) is 0 Å². The molecule has 0 aliphatic heterocycles. The van der Waals surface area contributed by atoms with Crippen molar-refractivity contribution in [3.8, 4) is 0 Å². The fourth-order valence-electron chi connectivity index (χ4n) is 5.09. The molecule has 2 aliphatic carbocycles. The van der Waals surface area contributed by atoms with Gasteiger partial charge in [-0.05, 0) is 55.8 Å². The van der Waals surface area contributed by atoms with Gasteiger partial charge < -0.3 is 9.47 Å². The van der Waals surface area contributed by atoms with E-state index in [0.717, 1.165) is 42.6 Å². The number of unbranched alkanes of at least 4 members (excludes halogenated alkanes) is 2. The average molecular weight is 296 g/mol. The summed E-state index contributed by atoms with van der Waals surface area (Å²) in [6, 6.07) is 0. The van der Waals surface area contributed by atoms with Crippen molar-refractivity contribution in [2.24, 2.45) is 29.6 Å². The summed E-state index contributed by atoms with van der Waals surface area (Å²) < 4.78 is 12.1. The van der Waals surface area contributed by atoms with Crippen LogP contribution in [0, 0.1) is 29.6 Å². The van der Waals surface area contributed by atoms with Crippen LogP contribution in [0.2, 0.25) is 0 Å². The molecule has 2 aliphatic rings. The lowest BCUT2D eigenvalue weighted by atomic mass is 9.71. The quantitative estimate of drug-likeness (QED) is 0.426. The summed E-state index contributed by atoms with van der Waals surface area (Å²) in [5, 5.41) is 0. The number of hydrogen-bond acceptors (Lipinski definition) is 2. The predicted molar refractivity (Wildman–Crippen MR) is 88.1 cm³/mol. The van der Waals surface area contributed by atoms with E-state index in [1.165, 1.54) is 32.1 Å². The van der Waals surface area contributed by atoms with Gasteiger partial charge in [0.1, 0.15) is 0 Å². The highest BCUT2D eigenvalue weighted by molar-refractivity contribution is 5.01. The second kappa shape index (κ2) is 7.97. The number of rotatable bonds is 9. The van der Waals surface area contributed by atoms with Crippen molar-refractivity contribution in [2.45, 2.75) is 85.5 Å². The SMILES string of the molecule is CCCCCOC(C)OC1CC2CC1C(C(C)C)C2CC. The highest BCUT2D eigenvalue weighted by Gasteiger charge is 2.53. The molecular formula is C19H36O2. The van der Waals surface area contributed by atoms with Crippen molar-refractivity contribution in [2.75, 3.05) is 6.61 Å². The van der Waals surface area contributed by atoms with Crippen molar-refractivity contribution in [1.29, 1.82) is 0 Å². The van der Waals surface area contributed by atoms with Crippen molar-refractivity contribution in [3.63, 3.8) is 0 Å². The van der Waals surface area contributed by atoms with Crippen molar-refractivity contribution in [1.82, 2.24) is 0 Å². The zero-order valence-corrected chi connectivity index (χ0v) is 14.8. The Hall–Kier alpha value is -0.0800. The second-order valence-electron chi connectivity index (χ2n) is 7.61. The van der Waals surface area contributed by atoms with E-state index in [4.69, 9.17) is 9.47 Å². The van der Waals surface area contributed by atoms with Gasteiger partial charge in [0.05, 0.1) is 6.10 Å². The summed E-state index contributed by atoms with van der Waals surface area (Å²) in [7, 11) is 0. The third kappa shape index (κ3) is 4.01. The Morgan fingerprint density at radius 2 is 1.81 bits per heavy atom. The molecule has 124 valence electrons. The number of fused-ring (bicyclic) bond motifs is 2. The normalized spacial score (nSPS) is 36.6. The maximum absolute atomic E-state index is 6.28. The summed E-state index contributed by atoms with van der Waals surface area (Å²) in [6.07, 6.45) is 8.11. The standard InChI is InChI=1S/C19H36O2/c1-6-8-9-10-20-14(5)21-18-12-15-11-17(18)19(13(3)4)16(15)7-2/h13-19H,6-12H2,1-5H3. The topological polar surface area (TPSA) is 18.5 Å². The Morgan fingerprint density at radius 1 is 1.05 bits per heavy atom. The Kier molecular flexibility index (Phi) is 6.55. The van der Waals surface area contributed by atoms with Gasteiger partial charge in [0, 0.05) is 6.61 Å². The molecule has 2 fully saturated rings. The Labute approximate surface area is 132 Å². The van der Waals surface area contributed by atoms with E-state index in [-0.39, 0.29) is 6.29 Å². The third-order valence-electron chi connectivity index (χ3n) is 5.89. The van der Waals surface area contributed by atoms with Gasteiger partial charge in [0.15, 0.2) is 6.29 Å². The minimum Gasteiger partial charge on any atom is -0.353 e. The first-order valence-corrected chi connectivity index (χ1v) is 9.35. The Bertz CT molecular complexity index is 302. The predicted octanol–water partition coefficient (Wildman–Crippen LogP) is 5.26. The average Bonchev–Trinajstić information content (AvgIpc) is 3.00. The minimum atomic E-state index is -0.0286. The van der Waals surface area contributed by atoms with Gasteiger partial charge in [-0.3, -0.25) is 0 Å². The monoisotopic (exact) mass is 296 g/mol. The molecule has 0 radical (unpaired) electrons. The lowest BCUT2D eigenvalue weighted by Crippen LogP contribution is -2.37. The smallest absolute Gasteiger partial charge is 0.155 e. The fourth-order valence-corrected chi connectivity index (χ4v) is 5.09. The maximum atomic E-state index is 6.28. The first-order chi connectivity index (χ1) is 10.1. The van der Waals surface area contributed by atoms with E-state index in [2.05, 4.69) is 34.6 Å². The van der Waals surface area contributed by atoms with Crippen LogP contribution in [0.15, 0.2) is 0 Å². The van der Waals surface area contributed by atoms with Crippen molar-refractivity contribution in [3.05, 3.63) is 0 Å².